The molecule has 2 aliphatic heterocycles. The summed E-state index contributed by atoms with van der Waals surface area (Å²) in [4.78, 5) is 25.5. The Morgan fingerprint density at radius 3 is 2.67 bits per heavy atom. The van der Waals surface area contributed by atoms with Crippen molar-refractivity contribution in [1.82, 2.24) is 10.2 Å². The number of likely N-dealkylation sites (tertiary alicyclic amines) is 1. The largest absolute Gasteiger partial charge is 0.381 e. The van der Waals surface area contributed by atoms with Gasteiger partial charge in [0, 0.05) is 45.7 Å². The van der Waals surface area contributed by atoms with Gasteiger partial charge in [-0.3, -0.25) is 9.59 Å². The molecule has 1 N–H and O–H groups in total. The lowest BCUT2D eigenvalue weighted by molar-refractivity contribution is -0.137. The van der Waals surface area contributed by atoms with Crippen LogP contribution >= 0.6 is 0 Å². The first-order chi connectivity index (χ1) is 8.70. The molecule has 2 saturated heterocycles. The molecule has 0 bridgehead atoms. The van der Waals surface area contributed by atoms with Gasteiger partial charge in [0.1, 0.15) is 0 Å². The maximum Gasteiger partial charge on any atom is 0.225 e. The zero-order valence-corrected chi connectivity index (χ0v) is 11.0. The minimum atomic E-state index is 0.0698. The van der Waals surface area contributed by atoms with Crippen LogP contribution in [0.2, 0.25) is 0 Å². The molecular weight excluding hydrogens is 232 g/mol. The van der Waals surface area contributed by atoms with Gasteiger partial charge in [-0.25, -0.2) is 0 Å². The molecule has 2 amide bonds. The van der Waals surface area contributed by atoms with Gasteiger partial charge in [-0.15, -0.1) is 0 Å². The summed E-state index contributed by atoms with van der Waals surface area (Å²) in [7, 11) is 1.65. The van der Waals surface area contributed by atoms with Crippen molar-refractivity contribution < 1.29 is 14.3 Å². The second-order valence-corrected chi connectivity index (χ2v) is 5.20. The zero-order valence-electron chi connectivity index (χ0n) is 11.0. The highest BCUT2D eigenvalue weighted by molar-refractivity contribution is 5.79. The van der Waals surface area contributed by atoms with Crippen molar-refractivity contribution in [3.8, 4) is 0 Å². The van der Waals surface area contributed by atoms with Crippen molar-refractivity contribution in [2.75, 3.05) is 33.4 Å². The molecule has 102 valence electrons. The maximum absolute atomic E-state index is 12.3. The molecule has 2 rings (SSSR count). The lowest BCUT2D eigenvalue weighted by atomic mass is 9.99. The van der Waals surface area contributed by atoms with Crippen LogP contribution < -0.4 is 5.32 Å². The highest BCUT2D eigenvalue weighted by atomic mass is 16.5. The van der Waals surface area contributed by atoms with Crippen molar-refractivity contribution in [1.29, 1.82) is 0 Å². The second-order valence-electron chi connectivity index (χ2n) is 5.20. The topological polar surface area (TPSA) is 58.6 Å². The highest BCUT2D eigenvalue weighted by Crippen LogP contribution is 2.24. The molecule has 0 aromatic heterocycles. The molecule has 2 fully saturated rings. The van der Waals surface area contributed by atoms with E-state index in [2.05, 4.69) is 5.32 Å². The van der Waals surface area contributed by atoms with E-state index in [4.69, 9.17) is 4.74 Å². The van der Waals surface area contributed by atoms with Gasteiger partial charge in [0.2, 0.25) is 11.8 Å². The van der Waals surface area contributed by atoms with Crippen LogP contribution in [0.1, 0.15) is 25.7 Å². The Kier molecular flexibility index (Phi) is 4.58. The van der Waals surface area contributed by atoms with Crippen molar-refractivity contribution in [3.05, 3.63) is 0 Å². The molecule has 0 aliphatic carbocycles. The smallest absolute Gasteiger partial charge is 0.225 e. The Labute approximate surface area is 108 Å². The molecule has 0 radical (unpaired) electrons. The molecule has 18 heavy (non-hydrogen) atoms. The van der Waals surface area contributed by atoms with Crippen molar-refractivity contribution in [3.63, 3.8) is 0 Å². The molecule has 0 aromatic carbocycles. The van der Waals surface area contributed by atoms with Gasteiger partial charge in [0.25, 0.3) is 0 Å². The summed E-state index contributed by atoms with van der Waals surface area (Å²) < 4.78 is 5.28. The monoisotopic (exact) mass is 254 g/mol. The van der Waals surface area contributed by atoms with E-state index in [9.17, 15) is 9.59 Å². The van der Waals surface area contributed by atoms with E-state index in [1.54, 1.807) is 7.05 Å². The summed E-state index contributed by atoms with van der Waals surface area (Å²) in [5.41, 5.74) is 0. The second kappa shape index (κ2) is 6.18. The van der Waals surface area contributed by atoms with Gasteiger partial charge in [-0.1, -0.05) is 0 Å². The van der Waals surface area contributed by atoms with Crippen molar-refractivity contribution >= 4 is 11.8 Å². The fourth-order valence-electron chi connectivity index (χ4n) is 2.77. The first kappa shape index (κ1) is 13.3. The number of ether oxygens (including phenoxy) is 1. The Balaban J connectivity index is 1.80. The van der Waals surface area contributed by atoms with Crippen LogP contribution in [-0.2, 0) is 14.3 Å². The third-order valence-corrected chi connectivity index (χ3v) is 3.92. The van der Waals surface area contributed by atoms with E-state index in [0.717, 1.165) is 32.4 Å². The molecule has 1 atom stereocenters. The highest BCUT2D eigenvalue weighted by Gasteiger charge is 2.32. The van der Waals surface area contributed by atoms with Crippen LogP contribution in [0.5, 0.6) is 0 Å². The van der Waals surface area contributed by atoms with Gasteiger partial charge < -0.3 is 15.0 Å². The third-order valence-electron chi connectivity index (χ3n) is 3.92. The maximum atomic E-state index is 12.3. The predicted molar refractivity (Wildman–Crippen MR) is 66.9 cm³/mol. The molecule has 0 unspecified atom stereocenters. The molecule has 0 spiro atoms. The molecule has 0 saturated carbocycles. The van der Waals surface area contributed by atoms with Crippen molar-refractivity contribution in [2.45, 2.75) is 25.7 Å². The number of rotatable bonds is 3. The predicted octanol–water partition coefficient (Wildman–Crippen LogP) is 0.398. The first-order valence-electron chi connectivity index (χ1n) is 6.78. The van der Waals surface area contributed by atoms with Crippen LogP contribution in [0, 0.1) is 11.8 Å². The lowest BCUT2D eigenvalue weighted by Crippen LogP contribution is -2.37. The molecule has 0 aromatic rings. The van der Waals surface area contributed by atoms with E-state index in [0.29, 0.717) is 25.6 Å². The summed E-state index contributed by atoms with van der Waals surface area (Å²) in [6.07, 6.45) is 3.17. The van der Waals surface area contributed by atoms with E-state index in [1.807, 2.05) is 4.90 Å². The van der Waals surface area contributed by atoms with Gasteiger partial charge in [-0.05, 0) is 25.2 Å². The molecule has 2 heterocycles. The Morgan fingerprint density at radius 1 is 1.28 bits per heavy atom. The van der Waals surface area contributed by atoms with Gasteiger partial charge in [-0.2, -0.15) is 0 Å². The Morgan fingerprint density at radius 2 is 2.00 bits per heavy atom. The lowest BCUT2D eigenvalue weighted by Gasteiger charge is -2.26. The number of hydrogen-bond donors (Lipinski definition) is 1. The average molecular weight is 254 g/mol. The van der Waals surface area contributed by atoms with E-state index >= 15 is 0 Å². The molecule has 2 aliphatic rings. The van der Waals surface area contributed by atoms with Gasteiger partial charge >= 0.3 is 0 Å². The summed E-state index contributed by atoms with van der Waals surface area (Å²) >= 11 is 0. The van der Waals surface area contributed by atoms with Gasteiger partial charge in [0.05, 0.1) is 0 Å². The zero-order chi connectivity index (χ0) is 13.0. The minimum absolute atomic E-state index is 0.0698. The number of carbonyl (C=O) groups excluding carboxylic acids is 2. The third kappa shape index (κ3) is 3.22. The van der Waals surface area contributed by atoms with Crippen LogP contribution in [0.3, 0.4) is 0 Å². The standard InChI is InChI=1S/C13H22N2O3/c1-14-12(16)8-10-2-5-15(9-10)13(17)11-3-6-18-7-4-11/h10-11H,2-9H2,1H3,(H,14,16)/t10-/m1/s1. The van der Waals surface area contributed by atoms with Crippen LogP contribution in [-0.4, -0.2) is 50.1 Å². The number of amides is 2. The minimum Gasteiger partial charge on any atom is -0.381 e. The SMILES string of the molecule is CNC(=O)C[C@H]1CCN(C(=O)C2CCOCC2)C1. The molecule has 5 nitrogen and oxygen atoms in total. The van der Waals surface area contributed by atoms with Crippen LogP contribution in [0.4, 0.5) is 0 Å². The summed E-state index contributed by atoms with van der Waals surface area (Å²) in [6, 6.07) is 0. The van der Waals surface area contributed by atoms with E-state index in [-0.39, 0.29) is 17.7 Å². The number of nitrogens with one attached hydrogen (secondary N) is 1. The Hall–Kier alpha value is -1.10. The number of carbonyl (C=O) groups is 2. The molecular formula is C13H22N2O3. The average Bonchev–Trinajstić information content (AvgIpc) is 2.87. The first-order valence-corrected chi connectivity index (χ1v) is 6.78. The quantitative estimate of drug-likeness (QED) is 0.793. The number of nitrogens with zero attached hydrogens (tertiary/aromatic N) is 1. The normalized spacial score (nSPS) is 25.2. The number of hydrogen-bond acceptors (Lipinski definition) is 3. The fraction of sp³-hybridized carbons (Fsp3) is 0.846. The fourth-order valence-corrected chi connectivity index (χ4v) is 2.77. The van der Waals surface area contributed by atoms with Crippen LogP contribution in [0.25, 0.3) is 0 Å². The summed E-state index contributed by atoms with van der Waals surface area (Å²) in [5, 5.41) is 2.64. The summed E-state index contributed by atoms with van der Waals surface area (Å²) in [5.74, 6) is 0.796. The summed E-state index contributed by atoms with van der Waals surface area (Å²) in [6.45, 7) is 2.94. The van der Waals surface area contributed by atoms with Crippen LogP contribution in [0.15, 0.2) is 0 Å². The molecule has 5 heteroatoms. The Bertz CT molecular complexity index is 313. The van der Waals surface area contributed by atoms with E-state index in [1.165, 1.54) is 0 Å². The van der Waals surface area contributed by atoms with Crippen molar-refractivity contribution in [2.24, 2.45) is 11.8 Å². The van der Waals surface area contributed by atoms with Gasteiger partial charge in [0.15, 0.2) is 0 Å². The van der Waals surface area contributed by atoms with E-state index < -0.39 is 0 Å².